The van der Waals surface area contributed by atoms with Crippen molar-refractivity contribution in [2.24, 2.45) is 16.6 Å². The highest BCUT2D eigenvalue weighted by atomic mass is 35.5. The largest absolute Gasteiger partial charge is 0.335 e. The summed E-state index contributed by atoms with van der Waals surface area (Å²) < 4.78 is 0. The lowest BCUT2D eigenvalue weighted by Crippen LogP contribution is -2.37. The molecule has 1 amide bonds. The van der Waals surface area contributed by atoms with Gasteiger partial charge in [0, 0.05) is 30.9 Å². The maximum absolute atomic E-state index is 12.9. The lowest BCUT2D eigenvalue weighted by molar-refractivity contribution is 0.0708. The Labute approximate surface area is 138 Å². The third-order valence-corrected chi connectivity index (χ3v) is 4.95. The summed E-state index contributed by atoms with van der Waals surface area (Å²) in [6.07, 6.45) is 5.12. The second-order valence-corrected chi connectivity index (χ2v) is 7.89. The van der Waals surface area contributed by atoms with Crippen molar-refractivity contribution in [3.8, 4) is 0 Å². The predicted octanol–water partition coefficient (Wildman–Crippen LogP) is 3.00. The molecule has 1 saturated heterocycles. The maximum Gasteiger partial charge on any atom is 0.254 e. The van der Waals surface area contributed by atoms with E-state index in [2.05, 4.69) is 30.7 Å². The van der Waals surface area contributed by atoms with Crippen LogP contribution in [0.4, 0.5) is 0 Å². The summed E-state index contributed by atoms with van der Waals surface area (Å²) in [6.45, 7) is 8.22. The number of nitrogens with zero attached hydrogens (tertiary/aromatic N) is 2. The Morgan fingerprint density at radius 1 is 1.41 bits per heavy atom. The van der Waals surface area contributed by atoms with Gasteiger partial charge >= 0.3 is 0 Å². The van der Waals surface area contributed by atoms with Crippen molar-refractivity contribution in [3.63, 3.8) is 0 Å². The molecule has 1 aliphatic carbocycles. The van der Waals surface area contributed by atoms with Crippen LogP contribution in [-0.4, -0.2) is 28.4 Å². The third kappa shape index (κ3) is 3.13. The highest BCUT2D eigenvalue weighted by Gasteiger charge is 2.50. The standard InChI is InChI=1S/C17H25N3O.ClH/c1-16(2)7-14-8-17(3,10-16)11-20(14)15(21)12-4-5-19-13(6-12)9-18;/h4-6,14H,7-11,18H2,1-3H3;1H. The molecule has 122 valence electrons. The molecule has 2 unspecified atom stereocenters. The lowest BCUT2D eigenvalue weighted by Gasteiger charge is -2.39. The van der Waals surface area contributed by atoms with Crippen LogP contribution in [0.3, 0.4) is 0 Å². The first kappa shape index (κ1) is 17.2. The van der Waals surface area contributed by atoms with E-state index in [0.717, 1.165) is 30.6 Å². The number of carbonyl (C=O) groups excluding carboxylic acids is 1. The molecule has 2 atom stereocenters. The Kier molecular flexibility index (Phi) is 4.56. The first-order valence-corrected chi connectivity index (χ1v) is 7.78. The molecule has 0 aromatic carbocycles. The number of rotatable bonds is 2. The molecule has 1 aromatic heterocycles. The van der Waals surface area contributed by atoms with Gasteiger partial charge < -0.3 is 10.6 Å². The van der Waals surface area contributed by atoms with E-state index >= 15 is 0 Å². The van der Waals surface area contributed by atoms with Crippen LogP contribution >= 0.6 is 12.4 Å². The van der Waals surface area contributed by atoms with Crippen LogP contribution < -0.4 is 5.73 Å². The van der Waals surface area contributed by atoms with Crippen LogP contribution in [0, 0.1) is 10.8 Å². The number of amides is 1. The fraction of sp³-hybridized carbons (Fsp3) is 0.647. The van der Waals surface area contributed by atoms with E-state index < -0.39 is 0 Å². The molecule has 2 N–H and O–H groups in total. The zero-order chi connectivity index (χ0) is 15.3. The molecule has 1 saturated carbocycles. The number of hydrogen-bond acceptors (Lipinski definition) is 3. The quantitative estimate of drug-likeness (QED) is 0.910. The first-order valence-electron chi connectivity index (χ1n) is 7.78. The monoisotopic (exact) mass is 323 g/mol. The number of aromatic nitrogens is 1. The number of carbonyl (C=O) groups is 1. The summed E-state index contributed by atoms with van der Waals surface area (Å²) in [5, 5.41) is 0. The number of likely N-dealkylation sites (tertiary alicyclic amines) is 1. The van der Waals surface area contributed by atoms with Gasteiger partial charge in [-0.1, -0.05) is 20.8 Å². The molecular weight excluding hydrogens is 298 g/mol. The fourth-order valence-corrected chi connectivity index (χ4v) is 4.59. The van der Waals surface area contributed by atoms with E-state index in [9.17, 15) is 4.79 Å². The Hall–Kier alpha value is -1.13. The zero-order valence-electron chi connectivity index (χ0n) is 13.6. The van der Waals surface area contributed by atoms with E-state index in [1.165, 1.54) is 6.42 Å². The van der Waals surface area contributed by atoms with Crippen LogP contribution in [0.2, 0.25) is 0 Å². The number of fused-ring (bicyclic) bond motifs is 2. The second-order valence-electron chi connectivity index (χ2n) is 7.89. The average Bonchev–Trinajstić information content (AvgIpc) is 2.67. The summed E-state index contributed by atoms with van der Waals surface area (Å²) in [7, 11) is 0. The number of pyridine rings is 1. The molecule has 22 heavy (non-hydrogen) atoms. The summed E-state index contributed by atoms with van der Waals surface area (Å²) in [5.74, 6) is 0.138. The molecular formula is C17H26ClN3O. The zero-order valence-corrected chi connectivity index (χ0v) is 14.4. The maximum atomic E-state index is 12.9. The summed E-state index contributed by atoms with van der Waals surface area (Å²) in [4.78, 5) is 19.1. The molecule has 0 radical (unpaired) electrons. The van der Waals surface area contributed by atoms with Gasteiger partial charge in [-0.2, -0.15) is 0 Å². The molecule has 2 aliphatic rings. The van der Waals surface area contributed by atoms with Crippen molar-refractivity contribution in [1.82, 2.24) is 9.88 Å². The highest BCUT2D eigenvalue weighted by Crippen LogP contribution is 2.52. The van der Waals surface area contributed by atoms with Crippen molar-refractivity contribution in [2.45, 2.75) is 52.6 Å². The van der Waals surface area contributed by atoms with E-state index in [0.29, 0.717) is 18.0 Å². The summed E-state index contributed by atoms with van der Waals surface area (Å²) in [5.41, 5.74) is 7.72. The summed E-state index contributed by atoms with van der Waals surface area (Å²) in [6, 6.07) is 4.01. The second kappa shape index (κ2) is 5.82. The summed E-state index contributed by atoms with van der Waals surface area (Å²) >= 11 is 0. The Morgan fingerprint density at radius 3 is 2.82 bits per heavy atom. The molecule has 2 heterocycles. The van der Waals surface area contributed by atoms with Gasteiger partial charge in [-0.15, -0.1) is 12.4 Å². The molecule has 1 aliphatic heterocycles. The number of halogens is 1. The minimum absolute atomic E-state index is 0. The van der Waals surface area contributed by atoms with Crippen LogP contribution in [0.5, 0.6) is 0 Å². The van der Waals surface area contributed by atoms with Crippen molar-refractivity contribution >= 4 is 18.3 Å². The van der Waals surface area contributed by atoms with Gasteiger partial charge in [0.1, 0.15) is 0 Å². The fourth-order valence-electron chi connectivity index (χ4n) is 4.59. The normalized spacial score (nSPS) is 29.1. The van der Waals surface area contributed by atoms with Gasteiger partial charge in [-0.05, 0) is 42.2 Å². The minimum Gasteiger partial charge on any atom is -0.335 e. The van der Waals surface area contributed by atoms with Crippen molar-refractivity contribution in [2.75, 3.05) is 6.54 Å². The molecule has 1 aromatic rings. The van der Waals surface area contributed by atoms with E-state index in [-0.39, 0.29) is 23.7 Å². The molecule has 5 heteroatoms. The van der Waals surface area contributed by atoms with E-state index in [1.807, 2.05) is 6.07 Å². The molecule has 2 bridgehead atoms. The minimum atomic E-state index is 0. The predicted molar refractivity (Wildman–Crippen MR) is 89.9 cm³/mol. The van der Waals surface area contributed by atoms with Gasteiger partial charge in [0.15, 0.2) is 0 Å². The molecule has 2 fully saturated rings. The lowest BCUT2D eigenvalue weighted by atomic mass is 9.65. The molecule has 3 rings (SSSR count). The van der Waals surface area contributed by atoms with Gasteiger partial charge in [0.05, 0.1) is 5.69 Å². The van der Waals surface area contributed by atoms with Gasteiger partial charge in [-0.25, -0.2) is 0 Å². The van der Waals surface area contributed by atoms with Crippen LogP contribution in [0.15, 0.2) is 18.3 Å². The van der Waals surface area contributed by atoms with E-state index in [1.54, 1.807) is 12.3 Å². The highest BCUT2D eigenvalue weighted by molar-refractivity contribution is 5.94. The average molecular weight is 324 g/mol. The van der Waals surface area contributed by atoms with Gasteiger partial charge in [0.2, 0.25) is 0 Å². The number of hydrogen-bond donors (Lipinski definition) is 1. The van der Waals surface area contributed by atoms with Crippen molar-refractivity contribution < 1.29 is 4.79 Å². The van der Waals surface area contributed by atoms with Gasteiger partial charge in [-0.3, -0.25) is 9.78 Å². The topological polar surface area (TPSA) is 59.2 Å². The van der Waals surface area contributed by atoms with Crippen LogP contribution in [0.1, 0.15) is 56.1 Å². The Bertz CT molecular complexity index is 575. The first-order chi connectivity index (χ1) is 9.82. The van der Waals surface area contributed by atoms with Crippen LogP contribution in [-0.2, 0) is 6.54 Å². The number of nitrogens with two attached hydrogens (primary N) is 1. The van der Waals surface area contributed by atoms with Gasteiger partial charge in [0.25, 0.3) is 5.91 Å². The smallest absolute Gasteiger partial charge is 0.254 e. The van der Waals surface area contributed by atoms with Crippen molar-refractivity contribution in [1.29, 1.82) is 0 Å². The third-order valence-electron chi connectivity index (χ3n) is 4.95. The van der Waals surface area contributed by atoms with Crippen LogP contribution in [0.25, 0.3) is 0 Å². The van der Waals surface area contributed by atoms with Crippen molar-refractivity contribution in [3.05, 3.63) is 29.6 Å². The SMILES string of the molecule is CC1(C)CC2CC(C)(CN2C(=O)c2ccnc(CN)c2)C1.Cl. The molecule has 0 spiro atoms. The van der Waals surface area contributed by atoms with E-state index in [4.69, 9.17) is 5.73 Å². The Balaban J connectivity index is 0.00000176. The Morgan fingerprint density at radius 2 is 2.14 bits per heavy atom. The molecule has 4 nitrogen and oxygen atoms in total.